The molecule has 80 valence electrons. The molecule has 0 aromatic carbocycles. The Bertz CT molecular complexity index is 316. The molecule has 0 spiro atoms. The number of hydrogen-bond acceptors (Lipinski definition) is 4. The number of aliphatic imine (C=N–C) groups is 1. The van der Waals surface area contributed by atoms with E-state index in [4.69, 9.17) is 4.74 Å². The predicted molar refractivity (Wildman–Crippen MR) is 57.2 cm³/mol. The standard InChI is InChI=1S/C11H15N3O/c1-2-4-11(5-3-1)12-10-13-14-6-8-15-9-7-14/h11H,1-6,8H2. The van der Waals surface area contributed by atoms with E-state index in [1.807, 2.05) is 0 Å². The summed E-state index contributed by atoms with van der Waals surface area (Å²) in [5.74, 6) is 0. The Balaban J connectivity index is 1.84. The molecule has 0 N–H and O–H groups in total. The molecule has 0 atom stereocenters. The zero-order chi connectivity index (χ0) is 10.3. The van der Waals surface area contributed by atoms with Gasteiger partial charge in [0.2, 0.25) is 0 Å². The molecule has 2 aliphatic rings. The molecule has 4 heteroatoms. The van der Waals surface area contributed by atoms with Crippen LogP contribution in [0.3, 0.4) is 0 Å². The van der Waals surface area contributed by atoms with Crippen molar-refractivity contribution in [2.45, 2.75) is 38.1 Å². The van der Waals surface area contributed by atoms with Gasteiger partial charge in [0, 0.05) is 0 Å². The fraction of sp³-hybridized carbons (Fsp3) is 0.727. The lowest BCUT2D eigenvalue weighted by Gasteiger charge is -2.15. The summed E-state index contributed by atoms with van der Waals surface area (Å²) in [6, 6.07) is 5.90. The zero-order valence-electron chi connectivity index (χ0n) is 8.78. The van der Waals surface area contributed by atoms with Crippen LogP contribution in [0.15, 0.2) is 10.1 Å². The third-order valence-electron chi connectivity index (χ3n) is 2.63. The average Bonchev–Trinajstić information content (AvgIpc) is 2.32. The fourth-order valence-electron chi connectivity index (χ4n) is 1.77. The summed E-state index contributed by atoms with van der Waals surface area (Å²) in [6.45, 7) is 1.29. The van der Waals surface area contributed by atoms with E-state index in [1.165, 1.54) is 32.1 Å². The molecular formula is C11H15N3O. The van der Waals surface area contributed by atoms with Gasteiger partial charge in [-0.05, 0) is 12.8 Å². The summed E-state index contributed by atoms with van der Waals surface area (Å²) in [6.07, 6.45) is 8.79. The number of rotatable bonds is 2. The normalized spacial score (nSPS) is 20.7. The van der Waals surface area contributed by atoms with Crippen LogP contribution < -0.4 is 0 Å². The van der Waals surface area contributed by atoms with Crippen LogP contribution in [0.4, 0.5) is 0 Å². The molecule has 1 aliphatic heterocycles. The van der Waals surface area contributed by atoms with Crippen molar-refractivity contribution in [1.82, 2.24) is 5.01 Å². The van der Waals surface area contributed by atoms with Gasteiger partial charge in [-0.15, -0.1) is 0 Å². The summed E-state index contributed by atoms with van der Waals surface area (Å²) in [7, 11) is 0. The van der Waals surface area contributed by atoms with Crippen LogP contribution >= 0.6 is 0 Å². The highest BCUT2D eigenvalue weighted by Crippen LogP contribution is 2.19. The Morgan fingerprint density at radius 1 is 1.27 bits per heavy atom. The maximum absolute atomic E-state index is 4.87. The summed E-state index contributed by atoms with van der Waals surface area (Å²) >= 11 is 0. The molecule has 0 aromatic rings. The van der Waals surface area contributed by atoms with Crippen LogP contribution in [-0.2, 0) is 4.74 Å². The average molecular weight is 205 g/mol. The number of ether oxygens (including phenoxy) is 1. The minimum atomic E-state index is 0.427. The number of nitrogens with zero attached hydrogens (tertiary/aromatic N) is 3. The maximum atomic E-state index is 4.87. The third-order valence-corrected chi connectivity index (χ3v) is 2.63. The summed E-state index contributed by atoms with van der Waals surface area (Å²) in [5, 5.41) is 5.66. The van der Waals surface area contributed by atoms with Crippen molar-refractivity contribution in [3.05, 3.63) is 0 Å². The van der Waals surface area contributed by atoms with E-state index in [1.54, 1.807) is 5.01 Å². The Hall–Kier alpha value is -1.46. The van der Waals surface area contributed by atoms with Crippen molar-refractivity contribution in [3.63, 3.8) is 0 Å². The van der Waals surface area contributed by atoms with Crippen molar-refractivity contribution in [1.29, 1.82) is 0 Å². The molecule has 15 heavy (non-hydrogen) atoms. The largest absolute Gasteiger partial charge is 0.443 e. The molecule has 2 rings (SSSR count). The first-order chi connectivity index (χ1) is 7.45. The Labute approximate surface area is 90.0 Å². The summed E-state index contributed by atoms with van der Waals surface area (Å²) in [4.78, 5) is 4.31. The third kappa shape index (κ3) is 3.30. The van der Waals surface area contributed by atoms with E-state index in [-0.39, 0.29) is 0 Å². The quantitative estimate of drug-likeness (QED) is 0.508. The van der Waals surface area contributed by atoms with Crippen molar-refractivity contribution >= 4 is 6.01 Å². The fourth-order valence-corrected chi connectivity index (χ4v) is 1.77. The van der Waals surface area contributed by atoms with Crippen molar-refractivity contribution in [2.24, 2.45) is 10.1 Å². The highest BCUT2D eigenvalue weighted by molar-refractivity contribution is 5.41. The maximum Gasteiger partial charge on any atom is 0.135 e. The minimum Gasteiger partial charge on any atom is -0.443 e. The topological polar surface area (TPSA) is 37.2 Å². The first-order valence-corrected chi connectivity index (χ1v) is 5.50. The van der Waals surface area contributed by atoms with Gasteiger partial charge >= 0.3 is 0 Å². The smallest absolute Gasteiger partial charge is 0.135 e. The van der Waals surface area contributed by atoms with Gasteiger partial charge in [-0.2, -0.15) is 0 Å². The minimum absolute atomic E-state index is 0.427. The molecule has 0 amide bonds. The lowest BCUT2D eigenvalue weighted by molar-refractivity contribution is 0.214. The van der Waals surface area contributed by atoms with Gasteiger partial charge in [-0.1, -0.05) is 24.4 Å². The van der Waals surface area contributed by atoms with E-state index >= 15 is 0 Å². The first kappa shape index (κ1) is 10.1. The molecule has 0 aromatic heterocycles. The first-order valence-electron chi connectivity index (χ1n) is 5.50. The van der Waals surface area contributed by atoms with Gasteiger partial charge in [0.15, 0.2) is 0 Å². The van der Waals surface area contributed by atoms with E-state index < -0.39 is 0 Å². The van der Waals surface area contributed by atoms with Gasteiger partial charge in [0.1, 0.15) is 18.7 Å². The second kappa shape index (κ2) is 5.43. The molecule has 0 saturated heterocycles. The summed E-state index contributed by atoms with van der Waals surface area (Å²) in [5.41, 5.74) is 0. The van der Waals surface area contributed by atoms with Crippen LogP contribution in [0.25, 0.3) is 0 Å². The molecule has 4 nitrogen and oxygen atoms in total. The summed E-state index contributed by atoms with van der Waals surface area (Å²) < 4.78 is 4.87. The second-order valence-corrected chi connectivity index (χ2v) is 3.81. The van der Waals surface area contributed by atoms with Crippen LogP contribution in [0, 0.1) is 12.2 Å². The highest BCUT2D eigenvalue weighted by atomic mass is 16.5. The molecule has 1 aliphatic carbocycles. The lowest BCUT2D eigenvalue weighted by Crippen LogP contribution is -2.19. The van der Waals surface area contributed by atoms with Crippen molar-refractivity contribution < 1.29 is 4.74 Å². The van der Waals surface area contributed by atoms with Crippen LogP contribution in [-0.4, -0.2) is 30.2 Å². The van der Waals surface area contributed by atoms with Gasteiger partial charge in [0.05, 0.1) is 18.6 Å². The Kier molecular flexibility index (Phi) is 3.64. The predicted octanol–water partition coefficient (Wildman–Crippen LogP) is 1.66. The van der Waals surface area contributed by atoms with E-state index in [9.17, 15) is 0 Å². The monoisotopic (exact) mass is 205 g/mol. The Morgan fingerprint density at radius 2 is 2.13 bits per heavy atom. The Morgan fingerprint density at radius 3 is 2.87 bits per heavy atom. The number of hydrogen-bond donors (Lipinski definition) is 0. The molecule has 1 fully saturated rings. The second-order valence-electron chi connectivity index (χ2n) is 3.81. The van der Waals surface area contributed by atoms with E-state index in [0.717, 1.165) is 0 Å². The molecule has 0 bridgehead atoms. The van der Waals surface area contributed by atoms with Crippen LogP contribution in [0.2, 0.25) is 0 Å². The zero-order valence-corrected chi connectivity index (χ0v) is 8.78. The van der Waals surface area contributed by atoms with Crippen LogP contribution in [0.1, 0.15) is 32.1 Å². The lowest BCUT2D eigenvalue weighted by atomic mass is 9.96. The molecule has 0 radical (unpaired) electrons. The van der Waals surface area contributed by atoms with E-state index in [0.29, 0.717) is 19.2 Å². The van der Waals surface area contributed by atoms with Crippen LogP contribution in [0.5, 0.6) is 0 Å². The van der Waals surface area contributed by atoms with Gasteiger partial charge < -0.3 is 4.74 Å². The SMILES string of the molecule is C(=NC1CCCCC1)=NN1C#COCC1. The molecule has 1 heterocycles. The van der Waals surface area contributed by atoms with Gasteiger partial charge in [-0.25, -0.2) is 10.0 Å². The van der Waals surface area contributed by atoms with Crippen molar-refractivity contribution in [3.8, 4) is 12.2 Å². The highest BCUT2D eigenvalue weighted by Gasteiger charge is 2.10. The van der Waals surface area contributed by atoms with E-state index in [2.05, 4.69) is 28.3 Å². The van der Waals surface area contributed by atoms with Crippen molar-refractivity contribution in [2.75, 3.05) is 13.2 Å². The molecular weight excluding hydrogens is 190 g/mol. The molecule has 0 unspecified atom stereocenters. The van der Waals surface area contributed by atoms with Gasteiger partial charge in [-0.3, -0.25) is 0 Å². The molecule has 1 saturated carbocycles. The number of hydrazone groups is 1. The van der Waals surface area contributed by atoms with Gasteiger partial charge in [0.25, 0.3) is 0 Å².